The van der Waals surface area contributed by atoms with Crippen molar-refractivity contribution >= 4 is 10.0 Å². The predicted molar refractivity (Wildman–Crippen MR) is 59.3 cm³/mol. The van der Waals surface area contributed by atoms with Crippen LogP contribution in [0.25, 0.3) is 0 Å². The number of hydrogen-bond donors (Lipinski definition) is 2. The second kappa shape index (κ2) is 6.42. The quantitative estimate of drug-likeness (QED) is 0.621. The molecule has 1 rings (SSSR count). The summed E-state index contributed by atoms with van der Waals surface area (Å²) in [4.78, 5) is 0. The molecule has 1 heterocycles. The van der Waals surface area contributed by atoms with Crippen LogP contribution >= 0.6 is 0 Å². The van der Waals surface area contributed by atoms with E-state index >= 15 is 0 Å². The molecule has 0 bridgehead atoms. The highest BCUT2D eigenvalue weighted by Crippen LogP contribution is 2.02. The van der Waals surface area contributed by atoms with Crippen molar-refractivity contribution < 1.29 is 13.2 Å². The standard InChI is InChI=1S/C9H20N2O3S/c1-2-14-6-7-15(12,13)11-9-4-3-5-10-8-9/h9-11H,2-8H2,1H3. The molecule has 0 saturated carbocycles. The summed E-state index contributed by atoms with van der Waals surface area (Å²) in [6.45, 7) is 4.39. The number of ether oxygens (including phenoxy) is 1. The molecular weight excluding hydrogens is 216 g/mol. The van der Waals surface area contributed by atoms with E-state index in [-0.39, 0.29) is 18.4 Å². The molecule has 1 atom stereocenters. The monoisotopic (exact) mass is 236 g/mol. The van der Waals surface area contributed by atoms with Gasteiger partial charge in [0.15, 0.2) is 0 Å². The first-order chi connectivity index (χ1) is 7.14. The van der Waals surface area contributed by atoms with Crippen molar-refractivity contribution in [3.8, 4) is 0 Å². The molecule has 0 radical (unpaired) electrons. The molecule has 1 aliphatic heterocycles. The molecule has 1 unspecified atom stereocenters. The number of hydrogen-bond acceptors (Lipinski definition) is 4. The molecule has 0 aliphatic carbocycles. The maximum absolute atomic E-state index is 11.6. The lowest BCUT2D eigenvalue weighted by Crippen LogP contribution is -2.46. The molecule has 0 spiro atoms. The fourth-order valence-electron chi connectivity index (χ4n) is 1.58. The van der Waals surface area contributed by atoms with Crippen LogP contribution in [0.2, 0.25) is 0 Å². The number of rotatable bonds is 6. The van der Waals surface area contributed by atoms with Gasteiger partial charge in [-0.2, -0.15) is 0 Å². The molecule has 1 aliphatic rings. The Hall–Kier alpha value is -0.170. The molecule has 5 nitrogen and oxygen atoms in total. The molecule has 0 amide bonds. The van der Waals surface area contributed by atoms with Crippen molar-refractivity contribution in [2.45, 2.75) is 25.8 Å². The largest absolute Gasteiger partial charge is 0.381 e. The van der Waals surface area contributed by atoms with Crippen LogP contribution in [0.4, 0.5) is 0 Å². The Morgan fingerprint density at radius 3 is 2.93 bits per heavy atom. The van der Waals surface area contributed by atoms with Gasteiger partial charge in [-0.3, -0.25) is 0 Å². The van der Waals surface area contributed by atoms with Crippen molar-refractivity contribution in [3.63, 3.8) is 0 Å². The Morgan fingerprint density at radius 2 is 2.33 bits per heavy atom. The van der Waals surface area contributed by atoms with Gasteiger partial charge in [0.05, 0.1) is 12.4 Å². The van der Waals surface area contributed by atoms with Crippen molar-refractivity contribution in [3.05, 3.63) is 0 Å². The minimum atomic E-state index is -3.17. The van der Waals surface area contributed by atoms with E-state index in [2.05, 4.69) is 10.0 Å². The summed E-state index contributed by atoms with van der Waals surface area (Å²) >= 11 is 0. The van der Waals surface area contributed by atoms with E-state index in [0.29, 0.717) is 6.61 Å². The van der Waals surface area contributed by atoms with Crippen LogP contribution in [0.5, 0.6) is 0 Å². The van der Waals surface area contributed by atoms with E-state index in [0.717, 1.165) is 25.9 Å². The summed E-state index contributed by atoms with van der Waals surface area (Å²) < 4.78 is 30.8. The summed E-state index contributed by atoms with van der Waals surface area (Å²) in [5.41, 5.74) is 0. The molecule has 15 heavy (non-hydrogen) atoms. The third-order valence-electron chi connectivity index (χ3n) is 2.34. The second-order valence-corrected chi connectivity index (χ2v) is 5.55. The minimum absolute atomic E-state index is 0.0466. The average molecular weight is 236 g/mol. The first-order valence-corrected chi connectivity index (χ1v) is 7.08. The number of nitrogens with one attached hydrogen (secondary N) is 2. The summed E-state index contributed by atoms with van der Waals surface area (Å²) in [5, 5.41) is 3.17. The van der Waals surface area contributed by atoms with Gasteiger partial charge in [0, 0.05) is 19.2 Å². The van der Waals surface area contributed by atoms with Gasteiger partial charge in [-0.15, -0.1) is 0 Å². The lowest BCUT2D eigenvalue weighted by atomic mass is 10.1. The molecule has 90 valence electrons. The third-order valence-corrected chi connectivity index (χ3v) is 3.74. The molecular formula is C9H20N2O3S. The van der Waals surface area contributed by atoms with E-state index < -0.39 is 10.0 Å². The summed E-state index contributed by atoms with van der Waals surface area (Å²) in [6, 6.07) is 0.0466. The number of sulfonamides is 1. The zero-order chi connectivity index (χ0) is 11.1. The maximum atomic E-state index is 11.6. The number of piperidine rings is 1. The lowest BCUT2D eigenvalue weighted by molar-refractivity contribution is 0.163. The minimum Gasteiger partial charge on any atom is -0.381 e. The Morgan fingerprint density at radius 1 is 1.53 bits per heavy atom. The van der Waals surface area contributed by atoms with Gasteiger partial charge < -0.3 is 10.1 Å². The second-order valence-electron chi connectivity index (χ2n) is 3.68. The fourth-order valence-corrected chi connectivity index (χ4v) is 2.74. The van der Waals surface area contributed by atoms with E-state index in [9.17, 15) is 8.42 Å². The van der Waals surface area contributed by atoms with Crippen LogP contribution in [0, 0.1) is 0 Å². The first-order valence-electron chi connectivity index (χ1n) is 5.42. The molecule has 1 saturated heterocycles. The van der Waals surface area contributed by atoms with Gasteiger partial charge in [0.1, 0.15) is 0 Å². The van der Waals surface area contributed by atoms with E-state index in [1.807, 2.05) is 6.92 Å². The Labute approximate surface area is 91.6 Å². The summed E-state index contributed by atoms with van der Waals surface area (Å²) in [7, 11) is -3.17. The molecule has 0 aromatic heterocycles. The van der Waals surface area contributed by atoms with Gasteiger partial charge in [-0.05, 0) is 26.3 Å². The van der Waals surface area contributed by atoms with Crippen LogP contribution in [-0.4, -0.2) is 46.5 Å². The Bertz CT molecular complexity index is 261. The maximum Gasteiger partial charge on any atom is 0.214 e. The topological polar surface area (TPSA) is 67.4 Å². The van der Waals surface area contributed by atoms with E-state index in [1.165, 1.54) is 0 Å². The summed E-state index contributed by atoms with van der Waals surface area (Å²) in [5.74, 6) is 0.0529. The molecule has 0 aromatic rings. The smallest absolute Gasteiger partial charge is 0.214 e. The molecule has 0 aromatic carbocycles. The highest BCUT2D eigenvalue weighted by atomic mass is 32.2. The zero-order valence-corrected chi connectivity index (χ0v) is 9.98. The van der Waals surface area contributed by atoms with Crippen molar-refractivity contribution in [1.82, 2.24) is 10.0 Å². The van der Waals surface area contributed by atoms with Gasteiger partial charge in [0.2, 0.25) is 10.0 Å². The molecule has 2 N–H and O–H groups in total. The highest BCUT2D eigenvalue weighted by Gasteiger charge is 2.19. The van der Waals surface area contributed by atoms with Crippen LogP contribution < -0.4 is 10.0 Å². The lowest BCUT2D eigenvalue weighted by Gasteiger charge is -2.23. The van der Waals surface area contributed by atoms with Crippen molar-refractivity contribution in [2.24, 2.45) is 0 Å². The Balaban J connectivity index is 2.27. The average Bonchev–Trinajstić information content (AvgIpc) is 2.18. The van der Waals surface area contributed by atoms with Gasteiger partial charge in [-0.1, -0.05) is 0 Å². The Kier molecular flexibility index (Phi) is 5.52. The van der Waals surface area contributed by atoms with Crippen molar-refractivity contribution in [2.75, 3.05) is 32.1 Å². The van der Waals surface area contributed by atoms with Gasteiger partial charge in [-0.25, -0.2) is 13.1 Å². The first kappa shape index (κ1) is 12.9. The van der Waals surface area contributed by atoms with Gasteiger partial charge >= 0.3 is 0 Å². The van der Waals surface area contributed by atoms with Crippen LogP contribution in [-0.2, 0) is 14.8 Å². The molecule has 6 heteroatoms. The van der Waals surface area contributed by atoms with E-state index in [1.54, 1.807) is 0 Å². The predicted octanol–water partition coefficient (Wildman–Crippen LogP) is -0.306. The fraction of sp³-hybridized carbons (Fsp3) is 1.00. The normalized spacial score (nSPS) is 22.9. The van der Waals surface area contributed by atoms with Gasteiger partial charge in [0.25, 0.3) is 0 Å². The SMILES string of the molecule is CCOCCS(=O)(=O)NC1CCCNC1. The van der Waals surface area contributed by atoms with Crippen LogP contribution in [0.1, 0.15) is 19.8 Å². The highest BCUT2D eigenvalue weighted by molar-refractivity contribution is 7.89. The zero-order valence-electron chi connectivity index (χ0n) is 9.16. The summed E-state index contributed by atoms with van der Waals surface area (Å²) in [6.07, 6.45) is 1.94. The van der Waals surface area contributed by atoms with Crippen LogP contribution in [0.3, 0.4) is 0 Å². The molecule has 1 fully saturated rings. The third kappa shape index (κ3) is 5.46. The van der Waals surface area contributed by atoms with Crippen LogP contribution in [0.15, 0.2) is 0 Å². The van der Waals surface area contributed by atoms with E-state index in [4.69, 9.17) is 4.74 Å². The van der Waals surface area contributed by atoms with Crippen molar-refractivity contribution in [1.29, 1.82) is 0 Å².